The summed E-state index contributed by atoms with van der Waals surface area (Å²) in [5.41, 5.74) is 2.81. The Morgan fingerprint density at radius 2 is 1.57 bits per heavy atom. The summed E-state index contributed by atoms with van der Waals surface area (Å²) >= 11 is 0. The highest BCUT2D eigenvalue weighted by atomic mass is 16.6. The Morgan fingerprint density at radius 3 is 2.18 bits per heavy atom. The van der Waals surface area contributed by atoms with E-state index in [0.717, 1.165) is 11.1 Å². The Labute approximate surface area is 160 Å². The third kappa shape index (κ3) is 3.67. The lowest BCUT2D eigenvalue weighted by atomic mass is 9.88. The summed E-state index contributed by atoms with van der Waals surface area (Å²) < 4.78 is 5.32. The molecule has 0 amide bonds. The standard InChI is InChI=1S/C19H19N3O6/c1-10-5-7-11(8-6-10)9-12-3-2-4-13(17(12)23)18-15(21-26)14(20-25)16(22-27)19(24)28-18/h2-8,14-16,18-19,23-24H,9H2,1H3/t14-,15-,16+,18+,19+/m1/s1. The van der Waals surface area contributed by atoms with Gasteiger partial charge in [0.1, 0.15) is 11.9 Å². The molecule has 2 aromatic rings. The average Bonchev–Trinajstić information content (AvgIpc) is 2.70. The van der Waals surface area contributed by atoms with Crippen molar-refractivity contribution < 1.29 is 14.9 Å². The van der Waals surface area contributed by atoms with Crippen LogP contribution in [-0.4, -0.2) is 34.6 Å². The molecule has 1 heterocycles. The van der Waals surface area contributed by atoms with Crippen molar-refractivity contribution in [2.45, 2.75) is 43.9 Å². The van der Waals surface area contributed by atoms with E-state index < -0.39 is 30.5 Å². The molecule has 0 saturated carbocycles. The van der Waals surface area contributed by atoms with Gasteiger partial charge in [0, 0.05) is 12.0 Å². The van der Waals surface area contributed by atoms with Gasteiger partial charge in [-0.3, -0.25) is 0 Å². The first-order valence-electron chi connectivity index (χ1n) is 8.67. The van der Waals surface area contributed by atoms with E-state index in [1.54, 1.807) is 12.1 Å². The fraction of sp³-hybridized carbons (Fsp3) is 0.368. The van der Waals surface area contributed by atoms with Gasteiger partial charge in [-0.1, -0.05) is 63.6 Å². The first kappa shape index (κ1) is 19.7. The Bertz CT molecular complexity index is 872. The highest BCUT2D eigenvalue weighted by Crippen LogP contribution is 2.40. The second-order valence-corrected chi connectivity index (χ2v) is 6.75. The second-order valence-electron chi connectivity index (χ2n) is 6.75. The maximum Gasteiger partial charge on any atom is 0.183 e. The van der Waals surface area contributed by atoms with Gasteiger partial charge >= 0.3 is 0 Å². The minimum atomic E-state index is -1.75. The topological polar surface area (TPSA) is 138 Å². The number of phenols is 1. The quantitative estimate of drug-likeness (QED) is 0.733. The molecule has 0 bridgehead atoms. The number of aliphatic hydroxyl groups is 1. The van der Waals surface area contributed by atoms with Crippen LogP contribution < -0.4 is 0 Å². The molecule has 3 rings (SSSR count). The number of hydrogen-bond acceptors (Lipinski definition) is 9. The highest BCUT2D eigenvalue weighted by molar-refractivity contribution is 5.45. The van der Waals surface area contributed by atoms with Crippen molar-refractivity contribution in [1.29, 1.82) is 0 Å². The van der Waals surface area contributed by atoms with Crippen LogP contribution in [0.5, 0.6) is 5.75 Å². The Kier molecular flexibility index (Phi) is 5.86. The molecular weight excluding hydrogens is 366 g/mol. The van der Waals surface area contributed by atoms with E-state index in [-0.39, 0.29) is 11.3 Å². The van der Waals surface area contributed by atoms with Crippen molar-refractivity contribution in [3.8, 4) is 5.75 Å². The fourth-order valence-corrected chi connectivity index (χ4v) is 3.38. The molecule has 0 spiro atoms. The summed E-state index contributed by atoms with van der Waals surface area (Å²) in [5, 5.41) is 29.0. The molecule has 2 N–H and O–H groups in total. The van der Waals surface area contributed by atoms with Crippen molar-refractivity contribution in [1.82, 2.24) is 0 Å². The molecule has 1 saturated heterocycles. The van der Waals surface area contributed by atoms with E-state index in [1.807, 2.05) is 31.2 Å². The SMILES string of the molecule is Cc1ccc(Cc2cccc([C@@H]3O[C@H](O)[C@@H](N=O)[C@H](N=O)[C@H]3N=O)c2O)cc1. The van der Waals surface area contributed by atoms with Gasteiger partial charge in [-0.25, -0.2) is 0 Å². The Morgan fingerprint density at radius 1 is 0.929 bits per heavy atom. The van der Waals surface area contributed by atoms with Gasteiger partial charge in [0.15, 0.2) is 24.4 Å². The molecule has 9 nitrogen and oxygen atoms in total. The molecule has 0 radical (unpaired) electrons. The van der Waals surface area contributed by atoms with E-state index in [9.17, 15) is 24.9 Å². The zero-order valence-electron chi connectivity index (χ0n) is 15.0. The number of ether oxygens (including phenoxy) is 1. The number of nitrogens with zero attached hydrogens (tertiary/aromatic N) is 3. The molecule has 0 aliphatic carbocycles. The fourth-order valence-electron chi connectivity index (χ4n) is 3.38. The third-order valence-electron chi connectivity index (χ3n) is 4.93. The lowest BCUT2D eigenvalue weighted by Gasteiger charge is -2.36. The van der Waals surface area contributed by atoms with Gasteiger partial charge in [-0.2, -0.15) is 14.7 Å². The van der Waals surface area contributed by atoms with Crippen LogP contribution in [0.2, 0.25) is 0 Å². The zero-order valence-corrected chi connectivity index (χ0v) is 15.0. The lowest BCUT2D eigenvalue weighted by molar-refractivity contribution is -0.185. The average molecular weight is 385 g/mol. The number of aryl methyl sites for hydroxylation is 1. The van der Waals surface area contributed by atoms with E-state index in [1.165, 1.54) is 6.07 Å². The molecule has 5 atom stereocenters. The number of benzene rings is 2. The maximum absolute atomic E-state index is 11.4. The number of aromatic hydroxyl groups is 1. The Hall–Kier alpha value is -3.04. The minimum Gasteiger partial charge on any atom is -0.507 e. The number of nitroso groups, excluding NO2 is 3. The van der Waals surface area contributed by atoms with E-state index >= 15 is 0 Å². The van der Waals surface area contributed by atoms with Crippen LogP contribution in [0.25, 0.3) is 0 Å². The van der Waals surface area contributed by atoms with E-state index in [4.69, 9.17) is 4.74 Å². The third-order valence-corrected chi connectivity index (χ3v) is 4.93. The van der Waals surface area contributed by atoms with Crippen LogP contribution in [0.3, 0.4) is 0 Å². The second kappa shape index (κ2) is 8.32. The van der Waals surface area contributed by atoms with Crippen molar-refractivity contribution in [2.75, 3.05) is 0 Å². The Balaban J connectivity index is 1.96. The van der Waals surface area contributed by atoms with Gasteiger partial charge in [0.05, 0.1) is 0 Å². The van der Waals surface area contributed by atoms with Crippen molar-refractivity contribution >= 4 is 0 Å². The minimum absolute atomic E-state index is 0.143. The molecule has 1 aliphatic heterocycles. The number of para-hydroxylation sites is 1. The molecule has 0 aromatic heterocycles. The predicted molar refractivity (Wildman–Crippen MR) is 101 cm³/mol. The van der Waals surface area contributed by atoms with Gasteiger partial charge in [-0.05, 0) is 18.1 Å². The van der Waals surface area contributed by atoms with Crippen LogP contribution >= 0.6 is 0 Å². The molecule has 2 aromatic carbocycles. The van der Waals surface area contributed by atoms with Crippen molar-refractivity contribution in [3.05, 3.63) is 79.4 Å². The van der Waals surface area contributed by atoms with Crippen LogP contribution in [-0.2, 0) is 11.2 Å². The first-order valence-corrected chi connectivity index (χ1v) is 8.67. The highest BCUT2D eigenvalue weighted by Gasteiger charge is 2.50. The molecule has 0 unspecified atom stereocenters. The van der Waals surface area contributed by atoms with Gasteiger partial charge in [0.25, 0.3) is 0 Å². The monoisotopic (exact) mass is 385 g/mol. The summed E-state index contributed by atoms with van der Waals surface area (Å²) in [6.45, 7) is 1.97. The van der Waals surface area contributed by atoms with E-state index in [2.05, 4.69) is 15.5 Å². The van der Waals surface area contributed by atoms with Crippen LogP contribution in [0, 0.1) is 21.6 Å². The van der Waals surface area contributed by atoms with Crippen molar-refractivity contribution in [2.24, 2.45) is 15.5 Å². The smallest absolute Gasteiger partial charge is 0.183 e. The maximum atomic E-state index is 11.4. The molecule has 1 fully saturated rings. The normalized spacial score (nSPS) is 27.1. The van der Waals surface area contributed by atoms with Crippen LogP contribution in [0.15, 0.2) is 58.0 Å². The molecule has 28 heavy (non-hydrogen) atoms. The first-order chi connectivity index (χ1) is 13.5. The van der Waals surface area contributed by atoms with Crippen LogP contribution in [0.1, 0.15) is 28.4 Å². The summed E-state index contributed by atoms with van der Waals surface area (Å²) in [5.74, 6) is -0.143. The number of phenolic OH excluding ortho intramolecular Hbond substituents is 1. The number of rotatable bonds is 6. The molecule has 1 aliphatic rings. The molecular formula is C19H19N3O6. The largest absolute Gasteiger partial charge is 0.507 e. The van der Waals surface area contributed by atoms with Crippen molar-refractivity contribution in [3.63, 3.8) is 0 Å². The summed E-state index contributed by atoms with van der Waals surface area (Å²) in [4.78, 5) is 33.4. The molecule has 146 valence electrons. The number of hydrogen-bond donors (Lipinski definition) is 2. The van der Waals surface area contributed by atoms with E-state index in [0.29, 0.717) is 12.0 Å². The zero-order chi connectivity index (χ0) is 20.3. The summed E-state index contributed by atoms with van der Waals surface area (Å²) in [6.07, 6.45) is -2.57. The lowest BCUT2D eigenvalue weighted by Crippen LogP contribution is -2.51. The van der Waals surface area contributed by atoms with Crippen LogP contribution in [0.4, 0.5) is 0 Å². The summed E-state index contributed by atoms with van der Waals surface area (Å²) in [7, 11) is 0. The van der Waals surface area contributed by atoms with Gasteiger partial charge < -0.3 is 14.9 Å². The summed E-state index contributed by atoms with van der Waals surface area (Å²) in [6, 6.07) is 8.19. The number of aliphatic hydroxyl groups excluding tert-OH is 1. The van der Waals surface area contributed by atoms with Gasteiger partial charge in [-0.15, -0.1) is 0 Å². The predicted octanol–water partition coefficient (Wildman–Crippen LogP) is 3.09. The molecule has 9 heteroatoms. The van der Waals surface area contributed by atoms with Gasteiger partial charge in [0.2, 0.25) is 0 Å².